The molecule has 132 valence electrons. The molecule has 0 aliphatic carbocycles. The number of benzene rings is 2. The highest BCUT2D eigenvalue weighted by atomic mass is 79.9. The summed E-state index contributed by atoms with van der Waals surface area (Å²) in [5, 5.41) is 4.00. The molecule has 0 heterocycles. The van der Waals surface area contributed by atoms with Gasteiger partial charge in [0.25, 0.3) is 5.91 Å². The quantitative estimate of drug-likeness (QED) is 0.588. The summed E-state index contributed by atoms with van der Waals surface area (Å²) in [5.74, 6) is 1.29. The SMILES string of the molecule is COc1cc(C)ccc1C(=O)N/N=C\c1ccc(OC)c(OC)c1Br. The fourth-order valence-electron chi connectivity index (χ4n) is 2.21. The minimum Gasteiger partial charge on any atom is -0.496 e. The number of hydrogen-bond acceptors (Lipinski definition) is 5. The van der Waals surface area contributed by atoms with E-state index in [0.29, 0.717) is 27.3 Å². The lowest BCUT2D eigenvalue weighted by Gasteiger charge is -2.11. The van der Waals surface area contributed by atoms with Crippen molar-refractivity contribution in [2.45, 2.75) is 6.92 Å². The molecular formula is C18H19BrN2O4. The fraction of sp³-hybridized carbons (Fsp3) is 0.222. The van der Waals surface area contributed by atoms with Crippen molar-refractivity contribution in [1.29, 1.82) is 0 Å². The minimum absolute atomic E-state index is 0.357. The molecule has 1 N–H and O–H groups in total. The van der Waals surface area contributed by atoms with E-state index < -0.39 is 0 Å². The van der Waals surface area contributed by atoms with Gasteiger partial charge < -0.3 is 14.2 Å². The molecule has 0 aliphatic heterocycles. The summed E-state index contributed by atoms with van der Waals surface area (Å²) < 4.78 is 16.5. The number of carbonyl (C=O) groups excluding carboxylic acids is 1. The second-order valence-corrected chi connectivity index (χ2v) is 5.90. The first-order valence-electron chi connectivity index (χ1n) is 7.40. The predicted molar refractivity (Wildman–Crippen MR) is 100 cm³/mol. The van der Waals surface area contributed by atoms with E-state index in [1.807, 2.05) is 13.0 Å². The number of ether oxygens (including phenoxy) is 3. The molecule has 0 aromatic heterocycles. The van der Waals surface area contributed by atoms with Crippen LogP contribution in [0.15, 0.2) is 39.9 Å². The molecule has 7 heteroatoms. The number of amides is 1. The van der Waals surface area contributed by atoms with Crippen LogP contribution in [0.4, 0.5) is 0 Å². The van der Waals surface area contributed by atoms with Crippen molar-refractivity contribution in [2.24, 2.45) is 5.10 Å². The third-order valence-electron chi connectivity index (χ3n) is 3.49. The largest absolute Gasteiger partial charge is 0.496 e. The van der Waals surface area contributed by atoms with Gasteiger partial charge in [0.05, 0.1) is 37.6 Å². The van der Waals surface area contributed by atoms with Crippen LogP contribution in [0.1, 0.15) is 21.5 Å². The zero-order chi connectivity index (χ0) is 18.4. The molecule has 0 fully saturated rings. The summed E-state index contributed by atoms with van der Waals surface area (Å²) in [6.45, 7) is 1.93. The molecule has 0 unspecified atom stereocenters. The van der Waals surface area contributed by atoms with E-state index in [9.17, 15) is 4.79 Å². The van der Waals surface area contributed by atoms with Crippen molar-refractivity contribution in [2.75, 3.05) is 21.3 Å². The van der Waals surface area contributed by atoms with Crippen LogP contribution in [0.5, 0.6) is 17.2 Å². The Balaban J connectivity index is 2.17. The third kappa shape index (κ3) is 4.30. The highest BCUT2D eigenvalue weighted by Crippen LogP contribution is 2.36. The maximum atomic E-state index is 12.3. The maximum absolute atomic E-state index is 12.3. The van der Waals surface area contributed by atoms with Crippen LogP contribution in [0.25, 0.3) is 0 Å². The van der Waals surface area contributed by atoms with Crippen LogP contribution >= 0.6 is 15.9 Å². The Bertz CT molecular complexity index is 806. The lowest BCUT2D eigenvalue weighted by atomic mass is 10.1. The van der Waals surface area contributed by atoms with E-state index in [4.69, 9.17) is 14.2 Å². The van der Waals surface area contributed by atoms with Gasteiger partial charge in [-0.25, -0.2) is 5.43 Å². The van der Waals surface area contributed by atoms with Crippen molar-refractivity contribution in [3.05, 3.63) is 51.5 Å². The molecule has 6 nitrogen and oxygen atoms in total. The summed E-state index contributed by atoms with van der Waals surface area (Å²) in [5.41, 5.74) is 4.64. The van der Waals surface area contributed by atoms with Gasteiger partial charge in [0, 0.05) is 5.56 Å². The number of hydrazone groups is 1. The third-order valence-corrected chi connectivity index (χ3v) is 4.30. The van der Waals surface area contributed by atoms with E-state index in [-0.39, 0.29) is 5.91 Å². The molecule has 0 atom stereocenters. The van der Waals surface area contributed by atoms with Gasteiger partial charge >= 0.3 is 0 Å². The first-order valence-corrected chi connectivity index (χ1v) is 8.19. The molecule has 0 spiro atoms. The van der Waals surface area contributed by atoms with Crippen LogP contribution < -0.4 is 19.6 Å². The van der Waals surface area contributed by atoms with Crippen molar-refractivity contribution in [3.63, 3.8) is 0 Å². The molecule has 2 rings (SSSR count). The second kappa shape index (κ2) is 8.53. The van der Waals surface area contributed by atoms with E-state index in [1.165, 1.54) is 13.3 Å². The summed E-state index contributed by atoms with van der Waals surface area (Å²) in [4.78, 5) is 12.3. The highest BCUT2D eigenvalue weighted by Gasteiger charge is 2.13. The molecule has 2 aromatic carbocycles. The molecule has 0 saturated carbocycles. The topological polar surface area (TPSA) is 69.2 Å². The van der Waals surface area contributed by atoms with Crippen LogP contribution in [-0.4, -0.2) is 33.5 Å². The Morgan fingerprint density at radius 3 is 2.44 bits per heavy atom. The fourth-order valence-corrected chi connectivity index (χ4v) is 2.80. The minimum atomic E-state index is -0.357. The number of carbonyl (C=O) groups is 1. The van der Waals surface area contributed by atoms with E-state index in [0.717, 1.165) is 11.1 Å². The van der Waals surface area contributed by atoms with Crippen molar-refractivity contribution in [1.82, 2.24) is 5.43 Å². The van der Waals surface area contributed by atoms with Crippen molar-refractivity contribution < 1.29 is 19.0 Å². The molecule has 0 bridgehead atoms. The molecule has 25 heavy (non-hydrogen) atoms. The van der Waals surface area contributed by atoms with Crippen molar-refractivity contribution >= 4 is 28.1 Å². The molecule has 2 aromatic rings. The van der Waals surface area contributed by atoms with E-state index in [2.05, 4.69) is 26.5 Å². The first-order chi connectivity index (χ1) is 12.0. The summed E-state index contributed by atoms with van der Waals surface area (Å²) >= 11 is 3.45. The zero-order valence-corrected chi connectivity index (χ0v) is 16.0. The Morgan fingerprint density at radius 2 is 1.80 bits per heavy atom. The number of hydrogen-bond donors (Lipinski definition) is 1. The van der Waals surface area contributed by atoms with Crippen LogP contribution in [0, 0.1) is 6.92 Å². The van der Waals surface area contributed by atoms with Crippen LogP contribution in [0.2, 0.25) is 0 Å². The first kappa shape index (κ1) is 18.8. The standard InChI is InChI=1S/C18H19BrN2O4/c1-11-5-7-13(15(9-11)24-3)18(22)21-20-10-12-6-8-14(23-2)17(25-4)16(12)19/h5-10H,1-4H3,(H,21,22)/b20-10-. The van der Waals surface area contributed by atoms with Gasteiger partial charge in [0.2, 0.25) is 0 Å². The van der Waals surface area contributed by atoms with Gasteiger partial charge in [-0.2, -0.15) is 5.10 Å². The normalized spacial score (nSPS) is 10.6. The van der Waals surface area contributed by atoms with Gasteiger partial charge in [0.15, 0.2) is 11.5 Å². The molecule has 0 radical (unpaired) electrons. The van der Waals surface area contributed by atoms with Crippen LogP contribution in [0.3, 0.4) is 0 Å². The maximum Gasteiger partial charge on any atom is 0.275 e. The Labute approximate surface area is 154 Å². The summed E-state index contributed by atoms with van der Waals surface area (Å²) in [6, 6.07) is 8.89. The number of methoxy groups -OCH3 is 3. The molecule has 1 amide bonds. The van der Waals surface area contributed by atoms with Crippen LogP contribution in [-0.2, 0) is 0 Å². The molecule has 0 aliphatic rings. The summed E-state index contributed by atoms with van der Waals surface area (Å²) in [7, 11) is 4.64. The van der Waals surface area contributed by atoms with E-state index >= 15 is 0 Å². The Kier molecular flexibility index (Phi) is 6.41. The van der Waals surface area contributed by atoms with Gasteiger partial charge in [-0.05, 0) is 52.7 Å². The smallest absolute Gasteiger partial charge is 0.275 e. The lowest BCUT2D eigenvalue weighted by molar-refractivity contribution is 0.0952. The van der Waals surface area contributed by atoms with Gasteiger partial charge in [-0.15, -0.1) is 0 Å². The average Bonchev–Trinajstić information content (AvgIpc) is 2.62. The second-order valence-electron chi connectivity index (χ2n) is 5.11. The van der Waals surface area contributed by atoms with Gasteiger partial charge in [-0.1, -0.05) is 6.07 Å². The van der Waals surface area contributed by atoms with Gasteiger partial charge in [0.1, 0.15) is 5.75 Å². The predicted octanol–water partition coefficient (Wildman–Crippen LogP) is 3.55. The lowest BCUT2D eigenvalue weighted by Crippen LogP contribution is -2.18. The number of halogens is 1. The molecule has 0 saturated heterocycles. The number of nitrogens with one attached hydrogen (secondary N) is 1. The van der Waals surface area contributed by atoms with Crippen molar-refractivity contribution in [3.8, 4) is 17.2 Å². The monoisotopic (exact) mass is 406 g/mol. The van der Waals surface area contributed by atoms with Gasteiger partial charge in [-0.3, -0.25) is 4.79 Å². The number of aryl methyl sites for hydroxylation is 1. The van der Waals surface area contributed by atoms with E-state index in [1.54, 1.807) is 38.5 Å². The Hall–Kier alpha value is -2.54. The highest BCUT2D eigenvalue weighted by molar-refractivity contribution is 9.10. The number of rotatable bonds is 6. The summed E-state index contributed by atoms with van der Waals surface area (Å²) in [6.07, 6.45) is 1.52. The average molecular weight is 407 g/mol. The molecular weight excluding hydrogens is 388 g/mol. The Morgan fingerprint density at radius 1 is 1.08 bits per heavy atom. The number of nitrogens with zero attached hydrogens (tertiary/aromatic N) is 1. The zero-order valence-electron chi connectivity index (χ0n) is 14.4.